The van der Waals surface area contributed by atoms with Crippen LogP contribution in [0.5, 0.6) is 0 Å². The Balaban J connectivity index is 2.10. The number of alkyl halides is 4. The first-order valence-electron chi connectivity index (χ1n) is 6.66. The summed E-state index contributed by atoms with van der Waals surface area (Å²) in [6.07, 6.45) is -0.111. The molecule has 0 nitrogen and oxygen atoms in total. The van der Waals surface area contributed by atoms with E-state index in [1.165, 1.54) is 18.6 Å². The van der Waals surface area contributed by atoms with E-state index in [4.69, 9.17) is 0 Å². The average Bonchev–Trinajstić information content (AvgIpc) is 2.33. The summed E-state index contributed by atoms with van der Waals surface area (Å²) in [6.45, 7) is 2.22. The van der Waals surface area contributed by atoms with E-state index in [9.17, 15) is 13.2 Å². The highest BCUT2D eigenvalue weighted by Crippen LogP contribution is 2.36. The Morgan fingerprint density at radius 2 is 2.00 bits per heavy atom. The topological polar surface area (TPSA) is 0 Å². The summed E-state index contributed by atoms with van der Waals surface area (Å²) in [5.41, 5.74) is 0.248. The van der Waals surface area contributed by atoms with Gasteiger partial charge in [0, 0.05) is 4.83 Å². The van der Waals surface area contributed by atoms with Crippen molar-refractivity contribution in [3.8, 4) is 0 Å². The van der Waals surface area contributed by atoms with Crippen LogP contribution in [0.4, 0.5) is 13.2 Å². The van der Waals surface area contributed by atoms with Gasteiger partial charge < -0.3 is 0 Å². The zero-order valence-corrected chi connectivity index (χ0v) is 12.5. The Kier molecular flexibility index (Phi) is 4.59. The van der Waals surface area contributed by atoms with E-state index in [0.717, 1.165) is 30.9 Å². The van der Waals surface area contributed by atoms with Crippen molar-refractivity contribution >= 4 is 15.9 Å². The van der Waals surface area contributed by atoms with E-state index in [2.05, 4.69) is 22.9 Å². The highest BCUT2D eigenvalue weighted by molar-refractivity contribution is 9.09. The molecule has 1 saturated carbocycles. The second-order valence-corrected chi connectivity index (χ2v) is 6.77. The minimum Gasteiger partial charge on any atom is -0.166 e. The van der Waals surface area contributed by atoms with Gasteiger partial charge in [0.2, 0.25) is 0 Å². The lowest BCUT2D eigenvalue weighted by atomic mass is 9.79. The molecule has 4 heteroatoms. The van der Waals surface area contributed by atoms with Crippen molar-refractivity contribution in [3.63, 3.8) is 0 Å². The minimum atomic E-state index is -4.25. The van der Waals surface area contributed by atoms with E-state index >= 15 is 0 Å². The summed E-state index contributed by atoms with van der Waals surface area (Å²) in [5, 5.41) is 0. The van der Waals surface area contributed by atoms with Crippen LogP contribution in [-0.2, 0) is 12.6 Å². The molecule has 3 unspecified atom stereocenters. The molecule has 0 heterocycles. The van der Waals surface area contributed by atoms with Gasteiger partial charge in [0.05, 0.1) is 5.56 Å². The quantitative estimate of drug-likeness (QED) is 0.631. The van der Waals surface area contributed by atoms with Gasteiger partial charge in [-0.05, 0) is 49.1 Å². The summed E-state index contributed by atoms with van der Waals surface area (Å²) in [5.74, 6) is 1.11. The van der Waals surface area contributed by atoms with E-state index in [1.54, 1.807) is 6.07 Å². The van der Waals surface area contributed by atoms with Gasteiger partial charge in [-0.15, -0.1) is 0 Å². The maximum atomic E-state index is 12.7. The Hall–Kier alpha value is -0.510. The van der Waals surface area contributed by atoms with Crippen molar-refractivity contribution in [2.75, 3.05) is 0 Å². The molecule has 106 valence electrons. The Bertz CT molecular complexity index is 428. The maximum absolute atomic E-state index is 12.7. The van der Waals surface area contributed by atoms with Gasteiger partial charge in [0.25, 0.3) is 0 Å². The first kappa shape index (κ1) is 14.9. The van der Waals surface area contributed by atoms with Gasteiger partial charge in [0.1, 0.15) is 0 Å². The Labute approximate surface area is 120 Å². The van der Waals surface area contributed by atoms with Crippen LogP contribution in [0.25, 0.3) is 0 Å². The minimum absolute atomic E-state index is 0.429. The van der Waals surface area contributed by atoms with Gasteiger partial charge in [-0.1, -0.05) is 41.1 Å². The van der Waals surface area contributed by atoms with Crippen LogP contribution in [0.1, 0.15) is 37.3 Å². The molecular weight excluding hydrogens is 317 g/mol. The second-order valence-electron chi connectivity index (χ2n) is 5.60. The predicted octanol–water partition coefficient (Wildman–Crippen LogP) is 5.45. The van der Waals surface area contributed by atoms with Crippen molar-refractivity contribution in [1.29, 1.82) is 0 Å². The molecular formula is C15H18BrF3. The van der Waals surface area contributed by atoms with Gasteiger partial charge in [-0.2, -0.15) is 13.2 Å². The number of hydrogen-bond donors (Lipinski definition) is 0. The standard InChI is InChI=1S/C15H18BrF3/c1-10-5-6-14(16)12(7-10)8-11-3-2-4-13(9-11)15(17,18)19/h2-4,9-10,12,14H,5-8H2,1H3. The van der Waals surface area contributed by atoms with E-state index in [1.807, 2.05) is 0 Å². The lowest BCUT2D eigenvalue weighted by molar-refractivity contribution is -0.137. The second kappa shape index (κ2) is 5.86. The molecule has 0 spiro atoms. The normalized spacial score (nSPS) is 28.4. The number of benzene rings is 1. The Morgan fingerprint density at radius 1 is 1.26 bits per heavy atom. The molecule has 0 aromatic heterocycles. The van der Waals surface area contributed by atoms with Crippen LogP contribution < -0.4 is 0 Å². The molecule has 19 heavy (non-hydrogen) atoms. The summed E-state index contributed by atoms with van der Waals surface area (Å²) in [7, 11) is 0. The van der Waals surface area contributed by atoms with Crippen molar-refractivity contribution in [2.45, 2.75) is 43.6 Å². The van der Waals surface area contributed by atoms with Crippen molar-refractivity contribution < 1.29 is 13.2 Å². The van der Waals surface area contributed by atoms with Crippen molar-refractivity contribution in [2.24, 2.45) is 11.8 Å². The smallest absolute Gasteiger partial charge is 0.166 e. The lowest BCUT2D eigenvalue weighted by Crippen LogP contribution is -2.25. The monoisotopic (exact) mass is 334 g/mol. The average molecular weight is 335 g/mol. The molecule has 0 amide bonds. The first-order chi connectivity index (χ1) is 8.86. The number of rotatable bonds is 2. The van der Waals surface area contributed by atoms with Gasteiger partial charge in [0.15, 0.2) is 0 Å². The van der Waals surface area contributed by atoms with Gasteiger partial charge >= 0.3 is 6.18 Å². The zero-order chi connectivity index (χ0) is 14.0. The van der Waals surface area contributed by atoms with E-state index < -0.39 is 11.7 Å². The highest BCUT2D eigenvalue weighted by atomic mass is 79.9. The van der Waals surface area contributed by atoms with E-state index in [-0.39, 0.29) is 0 Å². The SMILES string of the molecule is CC1CCC(Br)C(Cc2cccc(C(F)(F)F)c2)C1. The van der Waals surface area contributed by atoms with Crippen LogP contribution in [0.3, 0.4) is 0 Å². The molecule has 0 radical (unpaired) electrons. The molecule has 0 N–H and O–H groups in total. The zero-order valence-electron chi connectivity index (χ0n) is 10.9. The molecule has 1 aliphatic rings. The molecule has 0 bridgehead atoms. The molecule has 2 rings (SSSR count). The molecule has 1 aromatic carbocycles. The molecule has 1 aliphatic carbocycles. The van der Waals surface area contributed by atoms with E-state index in [0.29, 0.717) is 16.7 Å². The number of hydrogen-bond acceptors (Lipinski definition) is 0. The fraction of sp³-hybridized carbons (Fsp3) is 0.600. The van der Waals surface area contributed by atoms with Crippen LogP contribution in [0, 0.1) is 11.8 Å². The highest BCUT2D eigenvalue weighted by Gasteiger charge is 2.31. The summed E-state index contributed by atoms with van der Waals surface area (Å²) >= 11 is 3.68. The molecule has 1 fully saturated rings. The molecule has 1 aromatic rings. The molecule has 0 saturated heterocycles. The number of halogens is 4. The Morgan fingerprint density at radius 3 is 2.68 bits per heavy atom. The fourth-order valence-electron chi connectivity index (χ4n) is 2.85. The fourth-order valence-corrected chi connectivity index (χ4v) is 3.52. The van der Waals surface area contributed by atoms with Gasteiger partial charge in [-0.3, -0.25) is 0 Å². The summed E-state index contributed by atoms with van der Waals surface area (Å²) < 4.78 is 38.0. The van der Waals surface area contributed by atoms with Gasteiger partial charge in [-0.25, -0.2) is 0 Å². The van der Waals surface area contributed by atoms with Crippen molar-refractivity contribution in [1.82, 2.24) is 0 Å². The van der Waals surface area contributed by atoms with Crippen LogP contribution in [0.15, 0.2) is 24.3 Å². The predicted molar refractivity (Wildman–Crippen MR) is 74.4 cm³/mol. The maximum Gasteiger partial charge on any atom is 0.416 e. The largest absolute Gasteiger partial charge is 0.416 e. The van der Waals surface area contributed by atoms with Crippen molar-refractivity contribution in [3.05, 3.63) is 35.4 Å². The summed E-state index contributed by atoms with van der Waals surface area (Å²) in [4.78, 5) is 0.429. The molecule has 3 atom stereocenters. The molecule has 0 aliphatic heterocycles. The van der Waals surface area contributed by atoms with Crippen LogP contribution in [0.2, 0.25) is 0 Å². The third kappa shape index (κ3) is 3.98. The first-order valence-corrected chi connectivity index (χ1v) is 7.58. The lowest BCUT2D eigenvalue weighted by Gasteiger charge is -2.31. The third-order valence-electron chi connectivity index (χ3n) is 3.90. The summed E-state index contributed by atoms with van der Waals surface area (Å²) in [6, 6.07) is 5.74. The van der Waals surface area contributed by atoms with Crippen LogP contribution in [-0.4, -0.2) is 4.83 Å². The van der Waals surface area contributed by atoms with Crippen LogP contribution >= 0.6 is 15.9 Å². The third-order valence-corrected chi connectivity index (χ3v) is 5.11.